The molecular formula is C26H29BrN2O3. The lowest BCUT2D eigenvalue weighted by atomic mass is 10.0. The predicted molar refractivity (Wildman–Crippen MR) is 128 cm³/mol. The molecule has 0 aromatic heterocycles. The second kappa shape index (κ2) is 8.14. The van der Waals surface area contributed by atoms with Crippen LogP contribution in [0.15, 0.2) is 59.1 Å². The van der Waals surface area contributed by atoms with Crippen LogP contribution in [0.3, 0.4) is 0 Å². The SMILES string of the molecule is CC1(C)C(C(=O)N(CCc2ccccc2)C2CC(=O)N(c3ccc(Br)cc3)C2=O)C1(C)C. The van der Waals surface area contributed by atoms with Gasteiger partial charge in [-0.1, -0.05) is 74.0 Å². The first kappa shape index (κ1) is 22.7. The summed E-state index contributed by atoms with van der Waals surface area (Å²) in [6.07, 6.45) is 0.652. The lowest BCUT2D eigenvalue weighted by molar-refractivity contribution is -0.140. The van der Waals surface area contributed by atoms with Crippen LogP contribution in [0, 0.1) is 16.7 Å². The second-order valence-corrected chi connectivity index (χ2v) is 10.8. The highest BCUT2D eigenvalue weighted by Crippen LogP contribution is 2.69. The van der Waals surface area contributed by atoms with Gasteiger partial charge in [-0.25, -0.2) is 4.90 Å². The van der Waals surface area contributed by atoms with Gasteiger partial charge in [0.1, 0.15) is 6.04 Å². The Kier molecular flexibility index (Phi) is 5.78. The summed E-state index contributed by atoms with van der Waals surface area (Å²) in [5.74, 6) is -0.792. The number of amides is 3. The summed E-state index contributed by atoms with van der Waals surface area (Å²) in [4.78, 5) is 42.9. The largest absolute Gasteiger partial charge is 0.329 e. The van der Waals surface area contributed by atoms with E-state index in [-0.39, 0.29) is 40.9 Å². The maximum atomic E-state index is 13.7. The summed E-state index contributed by atoms with van der Waals surface area (Å²) in [5.41, 5.74) is 1.34. The van der Waals surface area contributed by atoms with Crippen LogP contribution < -0.4 is 4.90 Å². The van der Waals surface area contributed by atoms with Crippen LogP contribution in [-0.2, 0) is 20.8 Å². The van der Waals surface area contributed by atoms with Crippen LogP contribution in [-0.4, -0.2) is 35.2 Å². The van der Waals surface area contributed by atoms with Crippen LogP contribution in [0.1, 0.15) is 39.7 Å². The zero-order chi connectivity index (χ0) is 23.3. The van der Waals surface area contributed by atoms with E-state index in [0.29, 0.717) is 18.7 Å². The molecule has 4 rings (SSSR count). The number of nitrogens with zero attached hydrogens (tertiary/aromatic N) is 2. The molecule has 2 fully saturated rings. The molecule has 0 spiro atoms. The Labute approximate surface area is 197 Å². The zero-order valence-corrected chi connectivity index (χ0v) is 20.6. The number of carbonyl (C=O) groups is 3. The van der Waals surface area contributed by atoms with Gasteiger partial charge in [0, 0.05) is 16.9 Å². The highest BCUT2D eigenvalue weighted by molar-refractivity contribution is 9.10. The van der Waals surface area contributed by atoms with Crippen LogP contribution in [0.25, 0.3) is 0 Å². The van der Waals surface area contributed by atoms with E-state index in [0.717, 1.165) is 10.0 Å². The van der Waals surface area contributed by atoms with E-state index in [4.69, 9.17) is 0 Å². The average Bonchev–Trinajstić information content (AvgIpc) is 2.98. The van der Waals surface area contributed by atoms with Gasteiger partial charge < -0.3 is 4.90 Å². The Morgan fingerprint density at radius 3 is 2.16 bits per heavy atom. The van der Waals surface area contributed by atoms with Gasteiger partial charge >= 0.3 is 0 Å². The molecule has 0 radical (unpaired) electrons. The van der Waals surface area contributed by atoms with Gasteiger partial charge in [-0.2, -0.15) is 0 Å². The summed E-state index contributed by atoms with van der Waals surface area (Å²) < 4.78 is 0.870. The van der Waals surface area contributed by atoms with Crippen molar-refractivity contribution in [2.24, 2.45) is 16.7 Å². The number of halogens is 1. The molecule has 1 aliphatic carbocycles. The maximum Gasteiger partial charge on any atom is 0.257 e. The molecule has 1 atom stereocenters. The number of anilines is 1. The van der Waals surface area contributed by atoms with E-state index < -0.39 is 6.04 Å². The van der Waals surface area contributed by atoms with Crippen LogP contribution in [0.5, 0.6) is 0 Å². The average molecular weight is 497 g/mol. The van der Waals surface area contributed by atoms with E-state index in [9.17, 15) is 14.4 Å². The standard InChI is InChI=1S/C26H29BrN2O3/c1-25(2)22(26(25,3)4)24(32)28(15-14-17-8-6-5-7-9-17)20-16-21(30)29(23(20)31)19-12-10-18(27)11-13-19/h5-13,20,22H,14-16H2,1-4H3. The van der Waals surface area contributed by atoms with E-state index in [1.54, 1.807) is 29.2 Å². The third kappa shape index (κ3) is 3.79. The molecule has 2 aromatic carbocycles. The smallest absolute Gasteiger partial charge is 0.257 e. The number of benzene rings is 2. The lowest BCUT2D eigenvalue weighted by Gasteiger charge is -2.29. The Balaban J connectivity index is 1.62. The van der Waals surface area contributed by atoms with E-state index in [1.165, 1.54) is 4.90 Å². The maximum absolute atomic E-state index is 13.7. The molecule has 1 heterocycles. The number of imide groups is 1. The third-order valence-corrected chi connectivity index (χ3v) is 8.15. The second-order valence-electron chi connectivity index (χ2n) is 9.91. The van der Waals surface area contributed by atoms with Gasteiger partial charge in [0.2, 0.25) is 11.8 Å². The van der Waals surface area contributed by atoms with E-state index in [2.05, 4.69) is 43.6 Å². The number of carbonyl (C=O) groups excluding carboxylic acids is 3. The molecule has 1 saturated heterocycles. The van der Waals surface area contributed by atoms with E-state index in [1.807, 2.05) is 30.3 Å². The van der Waals surface area contributed by atoms with Gasteiger partial charge in [-0.3, -0.25) is 14.4 Å². The Hall–Kier alpha value is -2.47. The van der Waals surface area contributed by atoms with Crippen molar-refractivity contribution in [1.29, 1.82) is 0 Å². The van der Waals surface area contributed by atoms with Crippen molar-refractivity contribution < 1.29 is 14.4 Å². The minimum absolute atomic E-state index is 0.0169. The molecule has 6 heteroatoms. The van der Waals surface area contributed by atoms with Crippen molar-refractivity contribution >= 4 is 39.3 Å². The van der Waals surface area contributed by atoms with Crippen LogP contribution in [0.2, 0.25) is 0 Å². The topological polar surface area (TPSA) is 57.7 Å². The van der Waals surface area contributed by atoms with Crippen molar-refractivity contribution in [3.05, 3.63) is 64.6 Å². The number of hydrogen-bond donors (Lipinski definition) is 0. The molecule has 1 unspecified atom stereocenters. The normalized spacial score (nSPS) is 21.7. The number of hydrogen-bond acceptors (Lipinski definition) is 3. The first-order chi connectivity index (χ1) is 15.1. The van der Waals surface area contributed by atoms with Gasteiger partial charge in [0.15, 0.2) is 0 Å². The van der Waals surface area contributed by atoms with Gasteiger partial charge in [-0.05, 0) is 47.1 Å². The summed E-state index contributed by atoms with van der Waals surface area (Å²) >= 11 is 3.38. The Bertz CT molecular complexity index is 1030. The van der Waals surface area contributed by atoms with Gasteiger partial charge in [0.25, 0.3) is 5.91 Å². The van der Waals surface area contributed by atoms with Gasteiger partial charge in [-0.15, -0.1) is 0 Å². The van der Waals surface area contributed by atoms with Crippen molar-refractivity contribution in [3.63, 3.8) is 0 Å². The fraction of sp³-hybridized carbons (Fsp3) is 0.423. The fourth-order valence-electron chi connectivity index (χ4n) is 5.01. The highest BCUT2D eigenvalue weighted by Gasteiger charge is 2.69. The van der Waals surface area contributed by atoms with Crippen molar-refractivity contribution in [2.45, 2.75) is 46.6 Å². The monoisotopic (exact) mass is 496 g/mol. The summed E-state index contributed by atoms with van der Waals surface area (Å²) in [6, 6.07) is 16.2. The summed E-state index contributed by atoms with van der Waals surface area (Å²) in [6.45, 7) is 8.80. The number of rotatable bonds is 6. The molecule has 2 aliphatic rings. The van der Waals surface area contributed by atoms with Crippen LogP contribution in [0.4, 0.5) is 5.69 Å². The molecular weight excluding hydrogens is 468 g/mol. The molecule has 1 saturated carbocycles. The quantitative estimate of drug-likeness (QED) is 0.537. The molecule has 0 bridgehead atoms. The Morgan fingerprint density at radius 2 is 1.59 bits per heavy atom. The lowest BCUT2D eigenvalue weighted by Crippen LogP contribution is -2.47. The van der Waals surface area contributed by atoms with Gasteiger partial charge in [0.05, 0.1) is 12.1 Å². The zero-order valence-electron chi connectivity index (χ0n) is 19.0. The molecule has 0 N–H and O–H groups in total. The van der Waals surface area contributed by atoms with Crippen molar-refractivity contribution in [2.75, 3.05) is 11.4 Å². The summed E-state index contributed by atoms with van der Waals surface area (Å²) in [5, 5.41) is 0. The summed E-state index contributed by atoms with van der Waals surface area (Å²) in [7, 11) is 0. The molecule has 32 heavy (non-hydrogen) atoms. The molecule has 168 valence electrons. The van der Waals surface area contributed by atoms with E-state index >= 15 is 0 Å². The molecule has 5 nitrogen and oxygen atoms in total. The minimum atomic E-state index is -0.769. The fourth-order valence-corrected chi connectivity index (χ4v) is 5.28. The van der Waals surface area contributed by atoms with Crippen LogP contribution >= 0.6 is 15.9 Å². The molecule has 1 aliphatic heterocycles. The molecule has 3 amide bonds. The Morgan fingerprint density at radius 1 is 1.00 bits per heavy atom. The highest BCUT2D eigenvalue weighted by atomic mass is 79.9. The van der Waals surface area contributed by atoms with Crippen molar-refractivity contribution in [3.8, 4) is 0 Å². The first-order valence-electron chi connectivity index (χ1n) is 11.0. The van der Waals surface area contributed by atoms with Crippen molar-refractivity contribution in [1.82, 2.24) is 4.90 Å². The molecule has 2 aromatic rings. The third-order valence-electron chi connectivity index (χ3n) is 7.62. The first-order valence-corrected chi connectivity index (χ1v) is 11.8. The minimum Gasteiger partial charge on any atom is -0.329 e. The predicted octanol–water partition coefficient (Wildman–Crippen LogP) is 4.83.